The summed E-state index contributed by atoms with van der Waals surface area (Å²) in [4.78, 5) is 39.9. The van der Waals surface area contributed by atoms with Crippen molar-refractivity contribution in [3.05, 3.63) is 83.3 Å². The summed E-state index contributed by atoms with van der Waals surface area (Å²) < 4.78 is 14.8. The van der Waals surface area contributed by atoms with Crippen LogP contribution in [0.1, 0.15) is 35.7 Å². The molecule has 0 aliphatic carbocycles. The number of rotatable bonds is 4. The number of hydrogen-bond acceptors (Lipinski definition) is 6. The third-order valence-corrected chi connectivity index (χ3v) is 6.26. The minimum atomic E-state index is -0.726. The number of carbonyl (C=O) groups excluding carboxylic acids is 2. The Kier molecular flexibility index (Phi) is 6.01. The van der Waals surface area contributed by atoms with Crippen molar-refractivity contribution in [2.45, 2.75) is 25.8 Å². The Balaban J connectivity index is 1.49. The molecule has 4 heterocycles. The third-order valence-electron chi connectivity index (χ3n) is 6.26. The average molecular weight is 485 g/mol. The fraction of sp³-hybridized carbons (Fsp3) is 0.192. The van der Waals surface area contributed by atoms with E-state index in [0.717, 1.165) is 6.42 Å². The molecule has 0 spiro atoms. The van der Waals surface area contributed by atoms with E-state index in [0.29, 0.717) is 41.6 Å². The third kappa shape index (κ3) is 4.00. The van der Waals surface area contributed by atoms with Crippen molar-refractivity contribution in [2.24, 2.45) is 15.8 Å². The number of halogens is 1. The van der Waals surface area contributed by atoms with Crippen LogP contribution in [0.3, 0.4) is 0 Å². The molecule has 36 heavy (non-hydrogen) atoms. The summed E-state index contributed by atoms with van der Waals surface area (Å²) >= 11 is 0. The molecule has 1 saturated heterocycles. The lowest BCUT2D eigenvalue weighted by Gasteiger charge is -2.27. The molecule has 2 aromatic rings. The van der Waals surface area contributed by atoms with Gasteiger partial charge in [0.25, 0.3) is 17.6 Å². The van der Waals surface area contributed by atoms with Crippen LogP contribution in [0.4, 0.5) is 10.2 Å². The summed E-state index contributed by atoms with van der Waals surface area (Å²) in [5.41, 5.74) is 1.46. The molecule has 3 aliphatic heterocycles. The van der Waals surface area contributed by atoms with Crippen molar-refractivity contribution in [3.63, 3.8) is 0 Å². The number of anilines is 1. The largest absolute Gasteiger partial charge is 0.323 e. The molecule has 0 saturated carbocycles. The van der Waals surface area contributed by atoms with E-state index >= 15 is 4.39 Å². The Labute approximate surface area is 207 Å². The van der Waals surface area contributed by atoms with E-state index in [1.54, 1.807) is 54.7 Å². The maximum atomic E-state index is 15.1. The van der Waals surface area contributed by atoms with Crippen LogP contribution in [0.25, 0.3) is 0 Å². The molecule has 9 nitrogen and oxygen atoms in total. The van der Waals surface area contributed by atoms with E-state index < -0.39 is 11.7 Å². The van der Waals surface area contributed by atoms with Crippen LogP contribution < -0.4 is 11.2 Å². The number of hydrogen-bond donors (Lipinski definition) is 2. The molecule has 0 radical (unpaired) electrons. The van der Waals surface area contributed by atoms with Crippen LogP contribution in [-0.4, -0.2) is 50.9 Å². The minimum absolute atomic E-state index is 0.138. The lowest BCUT2D eigenvalue weighted by atomic mass is 10.1. The zero-order valence-electron chi connectivity index (χ0n) is 19.5. The van der Waals surface area contributed by atoms with Crippen molar-refractivity contribution in [3.8, 4) is 11.8 Å². The van der Waals surface area contributed by atoms with Crippen LogP contribution >= 0.6 is 0 Å². The molecule has 2 unspecified atom stereocenters. The van der Waals surface area contributed by atoms with Crippen LogP contribution in [0.5, 0.6) is 0 Å². The first-order valence-corrected chi connectivity index (χ1v) is 11.4. The van der Waals surface area contributed by atoms with Gasteiger partial charge in [0, 0.05) is 12.7 Å². The number of nitrogens with two attached hydrogens (primary N) is 1. The lowest BCUT2D eigenvalue weighted by Crippen LogP contribution is -2.53. The molecule has 10 heteroatoms. The summed E-state index contributed by atoms with van der Waals surface area (Å²) in [5.74, 6) is 11.1. The first-order chi connectivity index (χ1) is 17.4. The van der Waals surface area contributed by atoms with Crippen LogP contribution in [-0.2, 0) is 4.79 Å². The first kappa shape index (κ1) is 23.3. The summed E-state index contributed by atoms with van der Waals surface area (Å²) in [5, 5.41) is 2.58. The molecule has 2 atom stereocenters. The van der Waals surface area contributed by atoms with E-state index in [2.05, 4.69) is 27.1 Å². The molecule has 1 aromatic carbocycles. The van der Waals surface area contributed by atoms with Gasteiger partial charge in [-0.05, 0) is 56.0 Å². The van der Waals surface area contributed by atoms with Gasteiger partial charge in [-0.25, -0.2) is 9.37 Å². The predicted octanol–water partition coefficient (Wildman–Crippen LogP) is 2.71. The second-order valence-corrected chi connectivity index (χ2v) is 8.45. The summed E-state index contributed by atoms with van der Waals surface area (Å²) in [7, 11) is 0. The number of nitrogens with zero attached hydrogens (tertiary/aromatic N) is 5. The summed E-state index contributed by atoms with van der Waals surface area (Å²) in [6.07, 6.45) is 7.84. The van der Waals surface area contributed by atoms with Crippen molar-refractivity contribution in [1.29, 1.82) is 0 Å². The van der Waals surface area contributed by atoms with Crippen molar-refractivity contribution in [2.75, 3.05) is 11.9 Å². The van der Waals surface area contributed by atoms with Crippen LogP contribution in [0.15, 0.2) is 76.4 Å². The second-order valence-electron chi connectivity index (χ2n) is 8.45. The number of fused-ring (bicyclic) bond motifs is 1. The monoisotopic (exact) mass is 484 g/mol. The number of amidine groups is 1. The molecular formula is C26H23FN7O2+. The Morgan fingerprint density at radius 2 is 2.14 bits per heavy atom. The highest BCUT2D eigenvalue weighted by Gasteiger charge is 2.48. The van der Waals surface area contributed by atoms with Gasteiger partial charge in [-0.3, -0.25) is 14.6 Å². The zero-order valence-corrected chi connectivity index (χ0v) is 19.5. The molecule has 0 bridgehead atoms. The Hall–Kier alpha value is -4.46. The zero-order chi connectivity index (χ0) is 25.3. The van der Waals surface area contributed by atoms with E-state index in [9.17, 15) is 9.59 Å². The van der Waals surface area contributed by atoms with Crippen LogP contribution in [0.2, 0.25) is 0 Å². The Bertz CT molecular complexity index is 1440. The maximum Gasteiger partial charge on any atom is 0.299 e. The molecule has 2 amide bonds. The molecule has 3 aliphatic rings. The van der Waals surface area contributed by atoms with Gasteiger partial charge in [-0.2, -0.15) is 10.8 Å². The fourth-order valence-corrected chi connectivity index (χ4v) is 4.58. The standard InChI is InChI=1S/C26H22FN7O2/c1-2-6-23(35)33-13-5-7-20(33)24-21-16-29-12-14-34(21,28)25(32-24)17-9-10-18(19(27)15-17)26(36)31-22-8-3-4-11-30-22/h3-4,8-12,14-16,20H,5,7,13,28H2,1H3/p+1. The lowest BCUT2D eigenvalue weighted by molar-refractivity contribution is -0.750. The van der Waals surface area contributed by atoms with Gasteiger partial charge < -0.3 is 10.2 Å². The van der Waals surface area contributed by atoms with E-state index in [-0.39, 0.29) is 22.1 Å². The molecule has 3 N–H and O–H groups in total. The topological polar surface area (TPSA) is 113 Å². The van der Waals surface area contributed by atoms with Gasteiger partial charge in [0.05, 0.1) is 29.6 Å². The highest BCUT2D eigenvalue weighted by molar-refractivity contribution is 6.05. The highest BCUT2D eigenvalue weighted by atomic mass is 19.1. The van der Waals surface area contributed by atoms with Crippen molar-refractivity contribution < 1.29 is 18.6 Å². The normalized spacial score (nSPS) is 22.1. The smallest absolute Gasteiger partial charge is 0.299 e. The van der Waals surface area contributed by atoms with Gasteiger partial charge >= 0.3 is 0 Å². The highest BCUT2D eigenvalue weighted by Crippen LogP contribution is 2.37. The van der Waals surface area contributed by atoms with Gasteiger partial charge in [-0.15, -0.1) is 4.59 Å². The van der Waals surface area contributed by atoms with E-state index in [4.69, 9.17) is 10.8 Å². The van der Waals surface area contributed by atoms with E-state index in [1.165, 1.54) is 18.3 Å². The first-order valence-electron chi connectivity index (χ1n) is 11.4. The van der Waals surface area contributed by atoms with Crippen LogP contribution in [0, 0.1) is 17.7 Å². The van der Waals surface area contributed by atoms with Gasteiger partial charge in [0.15, 0.2) is 0 Å². The molecular weight excluding hydrogens is 461 g/mol. The maximum absolute atomic E-state index is 15.1. The quantitative estimate of drug-likeness (QED) is 0.395. The summed E-state index contributed by atoms with van der Waals surface area (Å²) in [6.45, 7) is 2.18. The number of aromatic nitrogens is 1. The predicted molar refractivity (Wildman–Crippen MR) is 132 cm³/mol. The number of likely N-dealkylation sites (tertiary alicyclic amines) is 1. The Morgan fingerprint density at radius 3 is 2.89 bits per heavy atom. The van der Waals surface area contributed by atoms with Crippen molar-refractivity contribution in [1.82, 2.24) is 9.88 Å². The molecule has 180 valence electrons. The van der Waals surface area contributed by atoms with Gasteiger partial charge in [0.2, 0.25) is 5.70 Å². The number of carbonyl (C=O) groups is 2. The number of quaternary nitrogens is 1. The van der Waals surface area contributed by atoms with Crippen molar-refractivity contribution >= 4 is 29.7 Å². The summed E-state index contributed by atoms with van der Waals surface area (Å²) in [6, 6.07) is 8.95. The second kappa shape index (κ2) is 9.30. The van der Waals surface area contributed by atoms with E-state index in [1.807, 2.05) is 0 Å². The van der Waals surface area contributed by atoms with Gasteiger partial charge in [0.1, 0.15) is 23.5 Å². The number of amides is 2. The molecule has 5 rings (SSSR count). The Morgan fingerprint density at radius 1 is 1.28 bits per heavy atom. The van der Waals surface area contributed by atoms with Gasteiger partial charge in [-0.1, -0.05) is 12.0 Å². The fourth-order valence-electron chi connectivity index (χ4n) is 4.58. The number of benzene rings is 1. The number of pyridine rings is 1. The molecule has 1 aromatic heterocycles. The molecule has 1 fully saturated rings. The average Bonchev–Trinajstić information content (AvgIpc) is 3.47. The minimum Gasteiger partial charge on any atom is -0.323 e. The SMILES string of the molecule is CC#CC(=O)N1CCCC1C1=C2C=NC=C[N+]2(N)C(c2ccc(C(=O)Nc3ccccn3)c(F)c2)=N1. The number of aliphatic imine (C=N–C) groups is 2. The number of allylic oxidation sites excluding steroid dienone is 1. The number of nitrogens with one attached hydrogen (secondary N) is 1.